The van der Waals surface area contributed by atoms with Crippen LogP contribution >= 0.6 is 0 Å². The molecule has 2 aliphatic rings. The molecule has 2 fully saturated rings. The summed E-state index contributed by atoms with van der Waals surface area (Å²) in [6.07, 6.45) is 7.06. The van der Waals surface area contributed by atoms with Crippen LogP contribution in [0, 0.1) is 5.41 Å². The number of rotatable bonds is 7. The van der Waals surface area contributed by atoms with Crippen molar-refractivity contribution in [2.24, 2.45) is 5.41 Å². The lowest BCUT2D eigenvalue weighted by Gasteiger charge is -2.43. The van der Waals surface area contributed by atoms with E-state index in [-0.39, 0.29) is 0 Å². The van der Waals surface area contributed by atoms with E-state index in [9.17, 15) is 0 Å². The highest BCUT2D eigenvalue weighted by molar-refractivity contribution is 4.92. The van der Waals surface area contributed by atoms with Crippen molar-refractivity contribution in [3.63, 3.8) is 0 Å². The smallest absolute Gasteiger partial charge is 0.0730 e. The molecule has 0 aromatic carbocycles. The van der Waals surface area contributed by atoms with E-state index >= 15 is 0 Å². The van der Waals surface area contributed by atoms with Crippen LogP contribution in [0.15, 0.2) is 0 Å². The number of hydrogen-bond donors (Lipinski definition) is 1. The molecule has 0 bridgehead atoms. The quantitative estimate of drug-likeness (QED) is 0.777. The molecule has 118 valence electrons. The van der Waals surface area contributed by atoms with E-state index in [1.807, 2.05) is 0 Å². The Balaban J connectivity index is 1.95. The second kappa shape index (κ2) is 7.24. The average Bonchev–Trinajstić information content (AvgIpc) is 2.86. The van der Waals surface area contributed by atoms with Crippen molar-refractivity contribution >= 4 is 0 Å². The highest BCUT2D eigenvalue weighted by Gasteiger charge is 2.38. The van der Waals surface area contributed by atoms with Crippen LogP contribution in [0.4, 0.5) is 0 Å². The van der Waals surface area contributed by atoms with Gasteiger partial charge in [0.1, 0.15) is 0 Å². The summed E-state index contributed by atoms with van der Waals surface area (Å²) < 4.78 is 5.95. The molecule has 3 nitrogen and oxygen atoms in total. The standard InChI is InChI=1S/C17H34N2O/c1-5-9-17(4,12-18-14(2)3)13-19-10-11-20-16-8-6-7-15(16)19/h14-16,18H,5-13H2,1-4H3. The minimum atomic E-state index is 0.392. The summed E-state index contributed by atoms with van der Waals surface area (Å²) in [7, 11) is 0. The SMILES string of the molecule is CCCC(C)(CNC(C)C)CN1CCOC2CCCC21. The summed E-state index contributed by atoms with van der Waals surface area (Å²) in [6.45, 7) is 13.7. The van der Waals surface area contributed by atoms with Crippen molar-refractivity contribution in [1.82, 2.24) is 10.2 Å². The first kappa shape index (κ1) is 16.3. The zero-order valence-electron chi connectivity index (χ0n) is 14.0. The molecule has 0 radical (unpaired) electrons. The van der Waals surface area contributed by atoms with Crippen LogP contribution in [0.3, 0.4) is 0 Å². The predicted molar refractivity (Wildman–Crippen MR) is 85.1 cm³/mol. The molecule has 3 heteroatoms. The number of nitrogens with one attached hydrogen (secondary N) is 1. The van der Waals surface area contributed by atoms with Crippen molar-refractivity contribution in [3.8, 4) is 0 Å². The maximum atomic E-state index is 5.95. The fraction of sp³-hybridized carbons (Fsp3) is 1.00. The summed E-state index contributed by atoms with van der Waals surface area (Å²) >= 11 is 0. The van der Waals surface area contributed by atoms with Gasteiger partial charge in [-0.1, -0.05) is 34.1 Å². The van der Waals surface area contributed by atoms with Crippen molar-refractivity contribution in [1.29, 1.82) is 0 Å². The minimum absolute atomic E-state index is 0.392. The number of fused-ring (bicyclic) bond motifs is 1. The molecule has 2 rings (SSSR count). The third-order valence-electron chi connectivity index (χ3n) is 4.97. The van der Waals surface area contributed by atoms with E-state index < -0.39 is 0 Å². The van der Waals surface area contributed by atoms with Gasteiger partial charge >= 0.3 is 0 Å². The molecule has 3 atom stereocenters. The summed E-state index contributed by atoms with van der Waals surface area (Å²) in [4.78, 5) is 2.73. The zero-order valence-corrected chi connectivity index (χ0v) is 14.0. The second-order valence-corrected chi connectivity index (χ2v) is 7.47. The summed E-state index contributed by atoms with van der Waals surface area (Å²) in [5, 5.41) is 3.66. The predicted octanol–water partition coefficient (Wildman–Crippen LogP) is 3.04. The maximum Gasteiger partial charge on any atom is 0.0730 e. The maximum absolute atomic E-state index is 5.95. The molecule has 1 heterocycles. The van der Waals surface area contributed by atoms with Crippen LogP contribution in [0.25, 0.3) is 0 Å². The lowest BCUT2D eigenvalue weighted by atomic mass is 9.84. The van der Waals surface area contributed by atoms with Crippen LogP contribution in [-0.2, 0) is 4.74 Å². The Bertz CT molecular complexity index is 295. The molecule has 1 saturated heterocycles. The molecule has 0 amide bonds. The van der Waals surface area contributed by atoms with E-state index in [0.717, 1.165) is 19.7 Å². The largest absolute Gasteiger partial charge is 0.375 e. The van der Waals surface area contributed by atoms with Gasteiger partial charge in [0, 0.05) is 31.7 Å². The summed E-state index contributed by atoms with van der Waals surface area (Å²) in [5.41, 5.74) is 0.392. The molecule has 1 N–H and O–H groups in total. The number of morpholine rings is 1. The van der Waals surface area contributed by atoms with Gasteiger partial charge < -0.3 is 10.1 Å². The van der Waals surface area contributed by atoms with Crippen molar-refractivity contribution in [3.05, 3.63) is 0 Å². The number of hydrogen-bond acceptors (Lipinski definition) is 3. The molecular weight excluding hydrogens is 248 g/mol. The van der Waals surface area contributed by atoms with Gasteiger partial charge in [0.2, 0.25) is 0 Å². The van der Waals surface area contributed by atoms with Crippen LogP contribution in [0.5, 0.6) is 0 Å². The van der Waals surface area contributed by atoms with Crippen molar-refractivity contribution in [2.45, 2.75) is 78.0 Å². The van der Waals surface area contributed by atoms with Crippen LogP contribution < -0.4 is 5.32 Å². The molecule has 0 aromatic heterocycles. The Morgan fingerprint density at radius 2 is 2.15 bits per heavy atom. The number of ether oxygens (including phenoxy) is 1. The van der Waals surface area contributed by atoms with Crippen LogP contribution in [0.2, 0.25) is 0 Å². The highest BCUT2D eigenvalue weighted by Crippen LogP contribution is 2.33. The van der Waals surface area contributed by atoms with Gasteiger partial charge in [-0.2, -0.15) is 0 Å². The molecule has 1 aliphatic carbocycles. The van der Waals surface area contributed by atoms with E-state index in [0.29, 0.717) is 23.6 Å². The Morgan fingerprint density at radius 3 is 2.85 bits per heavy atom. The third kappa shape index (κ3) is 4.19. The highest BCUT2D eigenvalue weighted by atomic mass is 16.5. The molecular formula is C17H34N2O. The van der Waals surface area contributed by atoms with Gasteiger partial charge in [0.25, 0.3) is 0 Å². The van der Waals surface area contributed by atoms with Gasteiger partial charge in [-0.3, -0.25) is 4.90 Å². The molecule has 0 aromatic rings. The Morgan fingerprint density at radius 1 is 1.35 bits per heavy atom. The normalized spacial score (nSPS) is 30.4. The Kier molecular flexibility index (Phi) is 5.88. The van der Waals surface area contributed by atoms with Crippen molar-refractivity contribution < 1.29 is 4.74 Å². The van der Waals surface area contributed by atoms with Gasteiger partial charge in [0.05, 0.1) is 12.7 Å². The molecule has 20 heavy (non-hydrogen) atoms. The van der Waals surface area contributed by atoms with Gasteiger partial charge in [-0.05, 0) is 31.1 Å². The van der Waals surface area contributed by atoms with E-state index in [1.54, 1.807) is 0 Å². The lowest BCUT2D eigenvalue weighted by Crippen LogP contribution is -2.53. The van der Waals surface area contributed by atoms with Crippen LogP contribution in [-0.4, -0.2) is 49.3 Å². The summed E-state index contributed by atoms with van der Waals surface area (Å²) in [6, 6.07) is 1.27. The molecule has 1 aliphatic heterocycles. The van der Waals surface area contributed by atoms with E-state index in [4.69, 9.17) is 4.74 Å². The number of nitrogens with zero attached hydrogens (tertiary/aromatic N) is 1. The first-order valence-electron chi connectivity index (χ1n) is 8.63. The zero-order chi connectivity index (χ0) is 14.6. The molecule has 0 spiro atoms. The van der Waals surface area contributed by atoms with E-state index in [1.165, 1.54) is 38.6 Å². The average molecular weight is 282 g/mol. The minimum Gasteiger partial charge on any atom is -0.375 e. The second-order valence-electron chi connectivity index (χ2n) is 7.47. The fourth-order valence-corrected chi connectivity index (χ4v) is 3.97. The molecule has 1 saturated carbocycles. The topological polar surface area (TPSA) is 24.5 Å². The first-order chi connectivity index (χ1) is 9.54. The van der Waals surface area contributed by atoms with Crippen LogP contribution in [0.1, 0.15) is 59.8 Å². The van der Waals surface area contributed by atoms with Gasteiger partial charge in [-0.25, -0.2) is 0 Å². The first-order valence-corrected chi connectivity index (χ1v) is 8.63. The summed E-state index contributed by atoms with van der Waals surface area (Å²) in [5.74, 6) is 0. The monoisotopic (exact) mass is 282 g/mol. The van der Waals surface area contributed by atoms with E-state index in [2.05, 4.69) is 37.9 Å². The van der Waals surface area contributed by atoms with Crippen molar-refractivity contribution in [2.75, 3.05) is 26.2 Å². The Hall–Kier alpha value is -0.120. The third-order valence-corrected chi connectivity index (χ3v) is 4.97. The van der Waals surface area contributed by atoms with Gasteiger partial charge in [0.15, 0.2) is 0 Å². The Labute approximate surface area is 125 Å². The molecule has 3 unspecified atom stereocenters. The van der Waals surface area contributed by atoms with Gasteiger partial charge in [-0.15, -0.1) is 0 Å². The fourth-order valence-electron chi connectivity index (χ4n) is 3.97. The lowest BCUT2D eigenvalue weighted by molar-refractivity contribution is -0.0680.